The van der Waals surface area contributed by atoms with E-state index in [-0.39, 0.29) is 29.3 Å². The molecular weight excluding hydrogens is 434 g/mol. The van der Waals surface area contributed by atoms with Crippen LogP contribution < -0.4 is 10.6 Å². The summed E-state index contributed by atoms with van der Waals surface area (Å²) in [7, 11) is 0. The van der Waals surface area contributed by atoms with Crippen molar-refractivity contribution in [3.05, 3.63) is 78.4 Å². The molecule has 2 N–H and O–H groups in total. The van der Waals surface area contributed by atoms with Crippen molar-refractivity contribution in [1.82, 2.24) is 10.4 Å². The topological polar surface area (TPSA) is 53.6 Å². The van der Waals surface area contributed by atoms with E-state index in [4.69, 9.17) is 4.84 Å². The van der Waals surface area contributed by atoms with Gasteiger partial charge in [0, 0.05) is 22.5 Å². The largest absolute Gasteiger partial charge is 0.335 e. The molecule has 3 aromatic rings. The third-order valence-corrected chi connectivity index (χ3v) is 7.57. The summed E-state index contributed by atoms with van der Waals surface area (Å²) in [5, 5.41) is 10.8. The SMILES string of the molecule is CCC1(CC)CC(NC(=O)Nc2cccc3ccccc23)CC(C)(C)N1OC(C)c1ccccc1. The lowest BCUT2D eigenvalue weighted by Crippen LogP contribution is -2.66. The predicted molar refractivity (Wildman–Crippen MR) is 144 cm³/mol. The van der Waals surface area contributed by atoms with Crippen LogP contribution >= 0.6 is 0 Å². The van der Waals surface area contributed by atoms with Crippen molar-refractivity contribution >= 4 is 22.5 Å². The van der Waals surface area contributed by atoms with E-state index in [1.54, 1.807) is 0 Å². The van der Waals surface area contributed by atoms with Crippen molar-refractivity contribution < 1.29 is 9.63 Å². The Balaban J connectivity index is 1.50. The first-order valence-corrected chi connectivity index (χ1v) is 12.9. The average molecular weight is 474 g/mol. The standard InChI is InChI=1S/C30H39N3O2/c1-6-30(7-2)21-25(20-29(4,5)33(30)35-22(3)23-14-9-8-10-15-23)31-28(34)32-27-19-13-17-24-16-11-12-18-26(24)27/h8-19,22,25H,6-7,20-21H2,1-5H3,(H2,31,32,34). The van der Waals surface area contributed by atoms with E-state index in [2.05, 4.69) is 86.7 Å². The maximum absolute atomic E-state index is 13.1. The number of nitrogens with zero attached hydrogens (tertiary/aromatic N) is 1. The fourth-order valence-electron chi connectivity index (χ4n) is 5.75. The molecule has 1 fully saturated rings. The van der Waals surface area contributed by atoms with E-state index in [0.717, 1.165) is 42.1 Å². The summed E-state index contributed by atoms with van der Waals surface area (Å²) in [4.78, 5) is 19.8. The lowest BCUT2D eigenvalue weighted by molar-refractivity contribution is -0.316. The highest BCUT2D eigenvalue weighted by Crippen LogP contribution is 2.44. The number of hydrogen-bond donors (Lipinski definition) is 2. The van der Waals surface area contributed by atoms with Gasteiger partial charge in [-0.25, -0.2) is 4.79 Å². The molecule has 1 heterocycles. The minimum atomic E-state index is -0.245. The molecule has 0 saturated carbocycles. The molecule has 1 saturated heterocycles. The molecule has 0 spiro atoms. The molecule has 5 nitrogen and oxygen atoms in total. The van der Waals surface area contributed by atoms with Gasteiger partial charge in [-0.05, 0) is 63.5 Å². The van der Waals surface area contributed by atoms with Gasteiger partial charge in [-0.3, -0.25) is 4.84 Å². The second-order valence-electron chi connectivity index (χ2n) is 10.4. The maximum Gasteiger partial charge on any atom is 0.319 e. The highest BCUT2D eigenvalue weighted by molar-refractivity contribution is 6.01. The molecule has 2 amide bonds. The first-order chi connectivity index (χ1) is 16.8. The Morgan fingerprint density at radius 3 is 2.34 bits per heavy atom. The average Bonchev–Trinajstić information content (AvgIpc) is 2.86. The number of amides is 2. The summed E-state index contributed by atoms with van der Waals surface area (Å²) >= 11 is 0. The number of carbonyl (C=O) groups is 1. The summed E-state index contributed by atoms with van der Waals surface area (Å²) in [5.41, 5.74) is 1.58. The molecule has 2 atom stereocenters. The van der Waals surface area contributed by atoms with E-state index in [1.807, 2.05) is 36.4 Å². The molecule has 4 rings (SSSR count). The van der Waals surface area contributed by atoms with Crippen molar-refractivity contribution in [3.63, 3.8) is 0 Å². The first kappa shape index (κ1) is 25.2. The fourth-order valence-corrected chi connectivity index (χ4v) is 5.75. The third-order valence-electron chi connectivity index (χ3n) is 7.57. The van der Waals surface area contributed by atoms with Gasteiger partial charge < -0.3 is 10.6 Å². The normalized spacial score (nSPS) is 20.3. The summed E-state index contributed by atoms with van der Waals surface area (Å²) in [6.45, 7) is 11.0. The second-order valence-corrected chi connectivity index (χ2v) is 10.4. The molecule has 186 valence electrons. The van der Waals surface area contributed by atoms with Crippen LogP contribution in [0.3, 0.4) is 0 Å². The van der Waals surface area contributed by atoms with Crippen molar-refractivity contribution in [2.45, 2.75) is 83.5 Å². The monoisotopic (exact) mass is 473 g/mol. The van der Waals surface area contributed by atoms with Gasteiger partial charge in [0.15, 0.2) is 0 Å². The van der Waals surface area contributed by atoms with Crippen LogP contribution in [-0.4, -0.2) is 28.2 Å². The van der Waals surface area contributed by atoms with Crippen molar-refractivity contribution in [2.24, 2.45) is 0 Å². The number of hydroxylamine groups is 2. The molecular formula is C30H39N3O2. The predicted octanol–water partition coefficient (Wildman–Crippen LogP) is 7.46. The van der Waals surface area contributed by atoms with Gasteiger partial charge in [0.25, 0.3) is 0 Å². The van der Waals surface area contributed by atoms with Gasteiger partial charge in [0.2, 0.25) is 0 Å². The number of rotatable bonds is 7. The van der Waals surface area contributed by atoms with E-state index >= 15 is 0 Å². The Morgan fingerprint density at radius 2 is 1.63 bits per heavy atom. The van der Waals surface area contributed by atoms with Gasteiger partial charge in [-0.2, -0.15) is 5.06 Å². The van der Waals surface area contributed by atoms with Gasteiger partial charge >= 0.3 is 6.03 Å². The molecule has 0 aliphatic carbocycles. The number of fused-ring (bicyclic) bond motifs is 1. The maximum atomic E-state index is 13.1. The highest BCUT2D eigenvalue weighted by Gasteiger charge is 2.50. The quantitative estimate of drug-likeness (QED) is 0.374. The second kappa shape index (κ2) is 10.4. The number of benzene rings is 3. The van der Waals surface area contributed by atoms with Crippen LogP contribution in [0.4, 0.5) is 10.5 Å². The number of hydrogen-bond acceptors (Lipinski definition) is 3. The molecule has 5 heteroatoms. The van der Waals surface area contributed by atoms with Crippen LogP contribution in [0.15, 0.2) is 72.8 Å². The highest BCUT2D eigenvalue weighted by atomic mass is 16.7. The van der Waals surface area contributed by atoms with Crippen LogP contribution in [0, 0.1) is 0 Å². The Hall–Kier alpha value is -2.89. The molecule has 3 aromatic carbocycles. The lowest BCUT2D eigenvalue weighted by atomic mass is 9.74. The van der Waals surface area contributed by atoms with Crippen LogP contribution in [0.2, 0.25) is 0 Å². The van der Waals surface area contributed by atoms with Crippen molar-refractivity contribution in [3.8, 4) is 0 Å². The number of nitrogens with one attached hydrogen (secondary N) is 2. The van der Waals surface area contributed by atoms with Crippen LogP contribution in [0.1, 0.15) is 72.0 Å². The van der Waals surface area contributed by atoms with Gasteiger partial charge in [-0.1, -0.05) is 80.6 Å². The van der Waals surface area contributed by atoms with E-state index in [1.165, 1.54) is 5.56 Å². The fraction of sp³-hybridized carbons (Fsp3) is 0.433. The molecule has 0 radical (unpaired) electrons. The Morgan fingerprint density at radius 1 is 0.971 bits per heavy atom. The van der Waals surface area contributed by atoms with Crippen LogP contribution in [-0.2, 0) is 4.84 Å². The molecule has 2 unspecified atom stereocenters. The van der Waals surface area contributed by atoms with Crippen LogP contribution in [0.5, 0.6) is 0 Å². The van der Waals surface area contributed by atoms with Gasteiger partial charge in [0.1, 0.15) is 6.10 Å². The Bertz CT molecular complexity index is 1140. The van der Waals surface area contributed by atoms with Crippen LogP contribution in [0.25, 0.3) is 10.8 Å². The van der Waals surface area contributed by atoms with E-state index in [9.17, 15) is 4.79 Å². The summed E-state index contributed by atoms with van der Waals surface area (Å²) in [5.74, 6) is 0. The zero-order valence-corrected chi connectivity index (χ0v) is 21.7. The lowest BCUT2D eigenvalue weighted by Gasteiger charge is -2.57. The summed E-state index contributed by atoms with van der Waals surface area (Å²) in [6, 6.07) is 24.4. The van der Waals surface area contributed by atoms with Gasteiger partial charge in [0.05, 0.1) is 5.69 Å². The Labute approximate surface area is 209 Å². The van der Waals surface area contributed by atoms with Gasteiger partial charge in [-0.15, -0.1) is 0 Å². The zero-order valence-electron chi connectivity index (χ0n) is 21.7. The zero-order chi connectivity index (χ0) is 25.1. The van der Waals surface area contributed by atoms with Crippen molar-refractivity contribution in [1.29, 1.82) is 0 Å². The van der Waals surface area contributed by atoms with E-state index in [0.29, 0.717) is 0 Å². The van der Waals surface area contributed by atoms with Crippen molar-refractivity contribution in [2.75, 3.05) is 5.32 Å². The smallest absolute Gasteiger partial charge is 0.319 e. The summed E-state index contributed by atoms with van der Waals surface area (Å²) in [6.07, 6.45) is 3.48. The number of carbonyl (C=O) groups excluding carboxylic acids is 1. The first-order valence-electron chi connectivity index (χ1n) is 12.9. The number of piperidine rings is 1. The molecule has 1 aliphatic rings. The molecule has 0 bridgehead atoms. The number of urea groups is 1. The molecule has 35 heavy (non-hydrogen) atoms. The Kier molecular flexibility index (Phi) is 7.48. The summed E-state index contributed by atoms with van der Waals surface area (Å²) < 4.78 is 0. The minimum Gasteiger partial charge on any atom is -0.335 e. The molecule has 1 aliphatic heterocycles. The third kappa shape index (κ3) is 5.36. The minimum absolute atomic E-state index is 0.0479. The van der Waals surface area contributed by atoms with E-state index < -0.39 is 0 Å². The number of anilines is 1. The molecule has 0 aromatic heterocycles.